The van der Waals surface area contributed by atoms with Gasteiger partial charge >= 0.3 is 0 Å². The van der Waals surface area contributed by atoms with Gasteiger partial charge < -0.3 is 9.42 Å². The molecule has 4 aromatic rings. The van der Waals surface area contributed by atoms with Crippen molar-refractivity contribution in [3.8, 4) is 0 Å². The number of benzene rings is 4. The van der Waals surface area contributed by atoms with E-state index in [0.717, 1.165) is 19.3 Å². The van der Waals surface area contributed by atoms with Crippen LogP contribution >= 0.6 is 8.38 Å². The lowest BCUT2D eigenvalue weighted by Crippen LogP contribution is -1.94. The van der Waals surface area contributed by atoms with Gasteiger partial charge in [-0.3, -0.25) is 0 Å². The van der Waals surface area contributed by atoms with Crippen LogP contribution in [0.5, 0.6) is 0 Å². The largest absolute Gasteiger partial charge is 0.350 e. The molecule has 0 amide bonds. The molecule has 0 aromatic heterocycles. The molecule has 4 aromatic carbocycles. The van der Waals surface area contributed by atoms with Crippen molar-refractivity contribution in [2.24, 2.45) is 0 Å². The highest BCUT2D eigenvalue weighted by Crippen LogP contribution is 2.36. The van der Waals surface area contributed by atoms with Gasteiger partial charge in [0.05, 0.1) is 6.61 Å². The Morgan fingerprint density at radius 3 is 2.25 bits per heavy atom. The van der Waals surface area contributed by atoms with Crippen molar-refractivity contribution in [2.75, 3.05) is 13.3 Å². The molecule has 4 rings (SSSR count). The lowest BCUT2D eigenvalue weighted by atomic mass is 9.91. The molecular formula is C21H21O2P. The van der Waals surface area contributed by atoms with Gasteiger partial charge in [0, 0.05) is 6.66 Å². The maximum atomic E-state index is 9.21. The number of hydrogen-bond acceptors (Lipinski definition) is 2. The van der Waals surface area contributed by atoms with Crippen molar-refractivity contribution in [1.29, 1.82) is 0 Å². The van der Waals surface area contributed by atoms with Gasteiger partial charge in [0.25, 0.3) is 0 Å². The van der Waals surface area contributed by atoms with E-state index in [4.69, 9.17) is 4.52 Å². The van der Waals surface area contributed by atoms with Crippen LogP contribution in [0, 0.1) is 0 Å². The van der Waals surface area contributed by atoms with Crippen molar-refractivity contribution in [2.45, 2.75) is 19.3 Å². The summed E-state index contributed by atoms with van der Waals surface area (Å²) in [5.41, 5.74) is 1.41. The summed E-state index contributed by atoms with van der Waals surface area (Å²) >= 11 is 0. The highest BCUT2D eigenvalue weighted by molar-refractivity contribution is 7.45. The Bertz CT molecular complexity index is 962. The zero-order valence-electron chi connectivity index (χ0n) is 13.8. The topological polar surface area (TPSA) is 29.5 Å². The molecule has 0 radical (unpaired) electrons. The fourth-order valence-corrected chi connectivity index (χ4v) is 4.02. The van der Waals surface area contributed by atoms with Gasteiger partial charge in [0.2, 0.25) is 0 Å². The van der Waals surface area contributed by atoms with Crippen LogP contribution in [0.4, 0.5) is 0 Å². The van der Waals surface area contributed by atoms with Gasteiger partial charge in [0.15, 0.2) is 8.38 Å². The van der Waals surface area contributed by atoms with E-state index >= 15 is 0 Å². The third-order valence-corrected chi connectivity index (χ3v) is 5.29. The Morgan fingerprint density at radius 1 is 0.833 bits per heavy atom. The van der Waals surface area contributed by atoms with Crippen LogP contribution in [0.1, 0.15) is 18.4 Å². The van der Waals surface area contributed by atoms with E-state index in [1.54, 1.807) is 6.66 Å². The monoisotopic (exact) mass is 336 g/mol. The van der Waals surface area contributed by atoms with E-state index < -0.39 is 8.38 Å². The smallest absolute Gasteiger partial charge is 0.164 e. The third-order valence-electron chi connectivity index (χ3n) is 4.74. The molecule has 24 heavy (non-hydrogen) atoms. The molecule has 0 heterocycles. The van der Waals surface area contributed by atoms with Crippen molar-refractivity contribution in [3.63, 3.8) is 0 Å². The maximum absolute atomic E-state index is 9.21. The van der Waals surface area contributed by atoms with Crippen molar-refractivity contribution in [3.05, 3.63) is 60.2 Å². The van der Waals surface area contributed by atoms with Gasteiger partial charge in [-0.15, -0.1) is 0 Å². The van der Waals surface area contributed by atoms with Crippen LogP contribution < -0.4 is 0 Å². The summed E-state index contributed by atoms with van der Waals surface area (Å²) in [7, 11) is -1.23. The Balaban J connectivity index is 1.69. The van der Waals surface area contributed by atoms with Crippen LogP contribution in [-0.4, -0.2) is 18.2 Å². The molecule has 0 saturated carbocycles. The first-order valence-electron chi connectivity index (χ1n) is 8.45. The molecule has 3 heteroatoms. The third kappa shape index (κ3) is 2.86. The molecule has 0 bridgehead atoms. The zero-order valence-corrected chi connectivity index (χ0v) is 14.7. The van der Waals surface area contributed by atoms with E-state index in [2.05, 4.69) is 54.6 Å². The van der Waals surface area contributed by atoms with E-state index in [1.807, 2.05) is 0 Å². The molecule has 0 spiro atoms. The minimum atomic E-state index is -1.23. The minimum Gasteiger partial charge on any atom is -0.350 e. The van der Waals surface area contributed by atoms with E-state index in [0.29, 0.717) is 6.61 Å². The van der Waals surface area contributed by atoms with Gasteiger partial charge in [-0.25, -0.2) is 0 Å². The first-order chi connectivity index (χ1) is 11.7. The summed E-state index contributed by atoms with van der Waals surface area (Å²) in [6.07, 6.45) is 3.10. The first-order valence-corrected chi connectivity index (χ1v) is 10.1. The second-order valence-corrected chi connectivity index (χ2v) is 7.52. The molecule has 122 valence electrons. The molecule has 1 atom stereocenters. The Labute approximate surface area is 143 Å². The molecule has 1 N–H and O–H groups in total. The number of unbranched alkanes of at least 4 members (excludes halogenated alkanes) is 1. The molecular weight excluding hydrogens is 315 g/mol. The van der Waals surface area contributed by atoms with E-state index in [1.165, 1.54) is 37.9 Å². The standard InChI is InChI=1S/C21H21O2P/c1-24(22)23-14-3-2-5-15-8-9-18-11-10-16-6-4-7-17-12-13-19(15)21(18)20(16)17/h4,6-13,22H,2-3,5,14H2,1H3. The Hall–Kier alpha value is -1.73. The zero-order chi connectivity index (χ0) is 16.5. The van der Waals surface area contributed by atoms with Crippen LogP contribution in [0.25, 0.3) is 32.3 Å². The summed E-state index contributed by atoms with van der Waals surface area (Å²) in [6.45, 7) is 2.36. The molecule has 0 aliphatic carbocycles. The van der Waals surface area contributed by atoms with Crippen molar-refractivity contribution >= 4 is 40.7 Å². The average Bonchev–Trinajstić information content (AvgIpc) is 2.60. The maximum Gasteiger partial charge on any atom is 0.164 e. The molecule has 0 saturated heterocycles. The highest BCUT2D eigenvalue weighted by Gasteiger charge is 2.10. The van der Waals surface area contributed by atoms with Gasteiger partial charge in [-0.1, -0.05) is 54.6 Å². The second-order valence-electron chi connectivity index (χ2n) is 6.34. The summed E-state index contributed by atoms with van der Waals surface area (Å²) in [5, 5.41) is 8.10. The van der Waals surface area contributed by atoms with Gasteiger partial charge in [-0.2, -0.15) is 0 Å². The number of hydrogen-bond donors (Lipinski definition) is 1. The Kier molecular flexibility index (Phi) is 4.37. The molecule has 0 aliphatic rings. The lowest BCUT2D eigenvalue weighted by molar-refractivity contribution is 0.304. The first kappa shape index (κ1) is 15.8. The summed E-state index contributed by atoms with van der Waals surface area (Å²) in [6, 6.07) is 20.0. The SMILES string of the molecule is CP(O)OCCCCc1ccc2ccc3cccc4ccc1c2c34. The molecule has 0 aliphatic heterocycles. The normalized spacial score (nSPS) is 13.2. The van der Waals surface area contributed by atoms with Crippen LogP contribution in [0.15, 0.2) is 54.6 Å². The van der Waals surface area contributed by atoms with Gasteiger partial charge in [0.1, 0.15) is 0 Å². The van der Waals surface area contributed by atoms with Crippen molar-refractivity contribution < 1.29 is 9.42 Å². The van der Waals surface area contributed by atoms with Crippen LogP contribution in [-0.2, 0) is 10.9 Å². The second kappa shape index (κ2) is 6.64. The van der Waals surface area contributed by atoms with Crippen molar-refractivity contribution in [1.82, 2.24) is 0 Å². The number of aryl methyl sites for hydroxylation is 1. The molecule has 1 unspecified atom stereocenters. The average molecular weight is 336 g/mol. The predicted molar refractivity (Wildman–Crippen MR) is 104 cm³/mol. The summed E-state index contributed by atoms with van der Waals surface area (Å²) in [5.74, 6) is 0. The molecule has 0 fully saturated rings. The van der Waals surface area contributed by atoms with E-state index in [9.17, 15) is 4.89 Å². The van der Waals surface area contributed by atoms with E-state index in [-0.39, 0.29) is 0 Å². The van der Waals surface area contributed by atoms with Gasteiger partial charge in [-0.05, 0) is 57.1 Å². The highest BCUT2D eigenvalue weighted by atomic mass is 31.2. The quantitative estimate of drug-likeness (QED) is 0.271. The number of rotatable bonds is 6. The summed E-state index contributed by atoms with van der Waals surface area (Å²) < 4.78 is 5.28. The Morgan fingerprint density at radius 2 is 1.50 bits per heavy atom. The fraction of sp³-hybridized carbons (Fsp3) is 0.238. The minimum absolute atomic E-state index is 0.643. The lowest BCUT2D eigenvalue weighted by Gasteiger charge is -2.14. The fourth-order valence-electron chi connectivity index (χ4n) is 3.63. The van der Waals surface area contributed by atoms with Crippen LogP contribution in [0.3, 0.4) is 0 Å². The predicted octanol–water partition coefficient (Wildman–Crippen LogP) is 5.86. The van der Waals surface area contributed by atoms with Crippen LogP contribution in [0.2, 0.25) is 0 Å². The molecule has 2 nitrogen and oxygen atoms in total. The summed E-state index contributed by atoms with van der Waals surface area (Å²) in [4.78, 5) is 9.21.